The second-order valence-corrected chi connectivity index (χ2v) is 37.8. The van der Waals surface area contributed by atoms with Crippen LogP contribution in [-0.4, -0.2) is 13.7 Å². The molecule has 0 saturated carbocycles. The molecule has 0 fully saturated rings. The fraction of sp³-hybridized carbons (Fsp3) is 0. The smallest absolute Gasteiger partial charge is 0.0547 e. The highest BCUT2D eigenvalue weighted by Crippen LogP contribution is 2.50. The zero-order valence-corrected chi connectivity index (χ0v) is 81.3. The third-order valence-electron chi connectivity index (χ3n) is 29.1. The predicted octanol–water partition coefficient (Wildman–Crippen LogP) is 39.4. The molecule has 0 unspecified atom stereocenters. The van der Waals surface area contributed by atoms with Gasteiger partial charge in [-0.15, -0.1) is 0 Å². The second-order valence-electron chi connectivity index (χ2n) is 37.8. The quantitative estimate of drug-likeness (QED) is 0.0801. The summed E-state index contributed by atoms with van der Waals surface area (Å²) in [4.78, 5) is 7.10. The molecular formula is C142H98N6. The molecule has 6 nitrogen and oxygen atoms in total. The fourth-order valence-corrected chi connectivity index (χ4v) is 22.2. The first-order valence-corrected chi connectivity index (χ1v) is 50.8. The van der Waals surface area contributed by atoms with Crippen molar-refractivity contribution in [2.24, 2.45) is 0 Å². The van der Waals surface area contributed by atoms with Gasteiger partial charge in [0.05, 0.1) is 44.5 Å². The molecule has 0 radical (unpaired) electrons. The van der Waals surface area contributed by atoms with Gasteiger partial charge in [-0.1, -0.05) is 406 Å². The lowest BCUT2D eigenvalue weighted by molar-refractivity contribution is 1.18. The van der Waals surface area contributed by atoms with Crippen molar-refractivity contribution in [2.45, 2.75) is 0 Å². The summed E-state index contributed by atoms with van der Waals surface area (Å²) in [6, 6.07) is 214. The van der Waals surface area contributed by atoms with E-state index in [0.717, 1.165) is 68.2 Å². The average molecular weight is 1890 g/mol. The topological polar surface area (TPSA) is 24.5 Å². The Morgan fingerprint density at radius 3 is 0.777 bits per heavy atom. The lowest BCUT2D eigenvalue weighted by Gasteiger charge is -2.28. The maximum atomic E-state index is 2.40. The maximum absolute atomic E-state index is 2.40. The SMILES string of the molecule is c1ccc(-c2cc3c(cc2-c2ccc(N(c4ccccc4)c4cc5ccccc5c5ccccc45)cc2)c2ccccc2n3-c2ccccc2)cc1.c1ccc(-c2cc3c(cc2-c2ccc(N(c4ccccc4)c4ccc5ccccc5c4)cc2)c2ccccc2n3-c2ccccc2)cc1.c1ccc(-c2cc3c(cc2-c2ccc(N(c4ccccc4)c4cccc5ccccc45)cc2)c2ccccc2n3-c2ccccc2)cc1. The minimum absolute atomic E-state index is 1.11. The second kappa shape index (κ2) is 39.0. The molecule has 3 heterocycles. The summed E-state index contributed by atoms with van der Waals surface area (Å²) in [5.74, 6) is 0. The van der Waals surface area contributed by atoms with E-state index < -0.39 is 0 Å². The molecule has 6 heteroatoms. The van der Waals surface area contributed by atoms with Gasteiger partial charge in [-0.25, -0.2) is 0 Å². The van der Waals surface area contributed by atoms with Gasteiger partial charge in [0.15, 0.2) is 0 Å². The molecule has 0 amide bonds. The number of aromatic nitrogens is 3. The number of hydrogen-bond donors (Lipinski definition) is 0. The summed E-state index contributed by atoms with van der Waals surface area (Å²) in [5, 5.41) is 17.4. The van der Waals surface area contributed by atoms with Crippen LogP contribution in [0.4, 0.5) is 51.2 Å². The fourth-order valence-electron chi connectivity index (χ4n) is 22.2. The van der Waals surface area contributed by atoms with Gasteiger partial charge in [0.2, 0.25) is 0 Å². The van der Waals surface area contributed by atoms with Crippen molar-refractivity contribution in [2.75, 3.05) is 14.7 Å². The molecule has 28 aromatic rings. The standard InChI is InChI=1S/C50H34N2.2C46H32N2/c1-4-16-35(17-5-1)46-34-50-47(44-26-14-15-27-48(44)52(50)39-21-8-3-9-22-39)33-45(46)36-28-30-40(31-29-36)51(38-19-6-2-7-20-38)49-32-37-18-10-11-23-41(37)42-24-12-13-25-43(42)49;1-4-15-34(16-5-1)42-32-46-43(40-24-12-13-25-45(40)48(46)37-21-8-3-9-22-37)31-41(42)35-27-29-38(30-28-35)47(36-19-6-2-7-20-36)44-26-14-18-33-17-10-11-23-39(33)44;1-4-15-34(16-5-1)43-32-46-44(41-22-12-13-23-45(41)48(46)38-20-8-3-9-21-38)31-42(43)35-25-27-39(28-26-35)47(37-18-6-2-7-19-37)40-29-24-33-14-10-11-17-36(33)30-40/h1-34H;2*1-32H. The van der Waals surface area contributed by atoms with Crippen molar-refractivity contribution in [3.05, 3.63) is 595 Å². The van der Waals surface area contributed by atoms with E-state index in [-0.39, 0.29) is 0 Å². The first kappa shape index (κ1) is 88.5. The van der Waals surface area contributed by atoms with Gasteiger partial charge in [-0.05, 0) is 287 Å². The zero-order valence-electron chi connectivity index (χ0n) is 81.3. The van der Waals surface area contributed by atoms with Crippen LogP contribution in [0.1, 0.15) is 0 Å². The number of para-hydroxylation sites is 9. The minimum atomic E-state index is 1.11. The van der Waals surface area contributed by atoms with E-state index in [4.69, 9.17) is 0 Å². The van der Waals surface area contributed by atoms with E-state index in [2.05, 4.69) is 623 Å². The van der Waals surface area contributed by atoms with Crippen molar-refractivity contribution in [3.63, 3.8) is 0 Å². The number of anilines is 9. The van der Waals surface area contributed by atoms with E-state index in [9.17, 15) is 0 Å². The van der Waals surface area contributed by atoms with Crippen molar-refractivity contribution < 1.29 is 0 Å². The van der Waals surface area contributed by atoms with Gasteiger partial charge in [0.1, 0.15) is 0 Å². The van der Waals surface area contributed by atoms with Gasteiger partial charge in [0, 0.05) is 100.0 Å². The number of rotatable bonds is 18. The number of nitrogens with zero attached hydrogens (tertiary/aromatic N) is 6. The molecular weight excluding hydrogens is 1790 g/mol. The third kappa shape index (κ3) is 16.5. The molecule has 0 aliphatic heterocycles. The summed E-state index contributed by atoms with van der Waals surface area (Å²) in [6.45, 7) is 0. The molecule has 3 aromatic heterocycles. The zero-order chi connectivity index (χ0) is 98.2. The van der Waals surface area contributed by atoms with Gasteiger partial charge >= 0.3 is 0 Å². The Kier molecular flexibility index (Phi) is 23.3. The van der Waals surface area contributed by atoms with Crippen molar-refractivity contribution >= 4 is 160 Å². The van der Waals surface area contributed by atoms with Gasteiger partial charge in [0.25, 0.3) is 0 Å². The summed E-state index contributed by atoms with van der Waals surface area (Å²) in [7, 11) is 0. The Balaban J connectivity index is 0.000000112. The minimum Gasteiger partial charge on any atom is -0.310 e. The molecule has 0 bridgehead atoms. The molecule has 0 saturated heterocycles. The Morgan fingerprint density at radius 2 is 0.378 bits per heavy atom. The van der Waals surface area contributed by atoms with Crippen LogP contribution in [0.3, 0.4) is 0 Å². The maximum Gasteiger partial charge on any atom is 0.0547 e. The van der Waals surface area contributed by atoms with Crippen molar-refractivity contribution in [1.29, 1.82) is 0 Å². The Morgan fingerprint density at radius 1 is 0.115 bits per heavy atom. The number of benzene rings is 25. The van der Waals surface area contributed by atoms with E-state index in [0.29, 0.717) is 0 Å². The highest BCUT2D eigenvalue weighted by Gasteiger charge is 2.26. The normalized spacial score (nSPS) is 11.4. The van der Waals surface area contributed by atoms with Gasteiger partial charge in [-0.3, -0.25) is 0 Å². The lowest BCUT2D eigenvalue weighted by Crippen LogP contribution is -2.10. The van der Waals surface area contributed by atoms with Crippen LogP contribution >= 0.6 is 0 Å². The molecule has 25 aromatic carbocycles. The van der Waals surface area contributed by atoms with E-state index in [1.165, 1.54) is 175 Å². The Bertz CT molecular complexity index is 9710. The molecule has 696 valence electrons. The highest BCUT2D eigenvalue weighted by molar-refractivity contribution is 6.18. The molecule has 0 aliphatic carbocycles. The van der Waals surface area contributed by atoms with Crippen molar-refractivity contribution in [3.8, 4) is 83.8 Å². The highest BCUT2D eigenvalue weighted by atomic mass is 15.2. The van der Waals surface area contributed by atoms with Crippen LogP contribution in [0.5, 0.6) is 0 Å². The molecule has 148 heavy (non-hydrogen) atoms. The summed E-state index contributed by atoms with van der Waals surface area (Å²) in [5.41, 5.74) is 35.3. The summed E-state index contributed by atoms with van der Waals surface area (Å²) < 4.78 is 7.19. The largest absolute Gasteiger partial charge is 0.310 e. The monoisotopic (exact) mass is 1890 g/mol. The van der Waals surface area contributed by atoms with E-state index >= 15 is 0 Å². The molecule has 0 atom stereocenters. The van der Waals surface area contributed by atoms with Crippen molar-refractivity contribution in [1.82, 2.24) is 13.7 Å². The summed E-state index contributed by atoms with van der Waals surface area (Å²) >= 11 is 0. The first-order chi connectivity index (χ1) is 73.5. The molecule has 0 spiro atoms. The number of hydrogen-bond acceptors (Lipinski definition) is 3. The first-order valence-electron chi connectivity index (χ1n) is 50.8. The van der Waals surface area contributed by atoms with Crippen LogP contribution in [0.2, 0.25) is 0 Å². The van der Waals surface area contributed by atoms with Crippen LogP contribution in [-0.2, 0) is 0 Å². The average Bonchev–Trinajstić information content (AvgIpc) is 1.62. The predicted molar refractivity (Wildman–Crippen MR) is 629 cm³/mol. The summed E-state index contributed by atoms with van der Waals surface area (Å²) in [6.07, 6.45) is 0. The lowest BCUT2D eigenvalue weighted by atomic mass is 9.92. The van der Waals surface area contributed by atoms with Crippen LogP contribution in [0, 0.1) is 0 Å². The molecule has 0 aliphatic rings. The third-order valence-corrected chi connectivity index (χ3v) is 29.1. The Hall–Kier alpha value is -19.7. The molecule has 28 rings (SSSR count). The van der Waals surface area contributed by atoms with E-state index in [1.54, 1.807) is 0 Å². The van der Waals surface area contributed by atoms with Crippen LogP contribution < -0.4 is 14.7 Å². The van der Waals surface area contributed by atoms with Gasteiger partial charge < -0.3 is 28.4 Å². The Labute approximate surface area is 860 Å². The van der Waals surface area contributed by atoms with E-state index in [1.807, 2.05) is 0 Å². The number of fused-ring (bicyclic) bond motifs is 14. The molecule has 0 N–H and O–H groups in total. The van der Waals surface area contributed by atoms with Crippen LogP contribution in [0.25, 0.3) is 192 Å². The van der Waals surface area contributed by atoms with Gasteiger partial charge in [-0.2, -0.15) is 0 Å². The van der Waals surface area contributed by atoms with Crippen LogP contribution in [0.15, 0.2) is 595 Å².